The van der Waals surface area contributed by atoms with Gasteiger partial charge in [-0.1, -0.05) is 25.1 Å². The molecule has 0 aliphatic carbocycles. The molecule has 0 saturated carbocycles. The Bertz CT molecular complexity index is 808. The molecule has 2 aromatic carbocycles. The Hall–Kier alpha value is -2.86. The van der Waals surface area contributed by atoms with E-state index in [4.69, 9.17) is 0 Å². The zero-order valence-corrected chi connectivity index (χ0v) is 17.7. The predicted octanol–water partition coefficient (Wildman–Crippen LogP) is 4.57. The first kappa shape index (κ1) is 21.8. The number of hydrogen-bond acceptors (Lipinski definition) is 3. The Labute approximate surface area is 179 Å². The van der Waals surface area contributed by atoms with Crippen molar-refractivity contribution in [3.05, 3.63) is 60.2 Å². The number of nitrogens with zero attached hydrogens (tertiary/aromatic N) is 1. The maximum atomic E-state index is 12.3. The van der Waals surface area contributed by atoms with Gasteiger partial charge in [-0.25, -0.2) is 4.79 Å². The van der Waals surface area contributed by atoms with Crippen molar-refractivity contribution in [1.82, 2.24) is 10.2 Å². The summed E-state index contributed by atoms with van der Waals surface area (Å²) in [4.78, 5) is 26.9. The number of urea groups is 1. The number of hydrogen-bond donors (Lipinski definition) is 3. The number of nitrogens with one attached hydrogen (secondary N) is 3. The fraction of sp³-hybridized carbons (Fsp3) is 0.417. The SMILES string of the molecule is CC1CCCN(CCCCNC(=O)Nc2ccc(C(=O)Nc3ccccc3)cc2)C1. The third-order valence-corrected chi connectivity index (χ3v) is 5.36. The normalized spacial score (nSPS) is 16.6. The molecule has 0 bridgehead atoms. The van der Waals surface area contributed by atoms with Crippen LogP contribution in [0.5, 0.6) is 0 Å². The number of para-hydroxylation sites is 1. The maximum absolute atomic E-state index is 12.3. The molecule has 30 heavy (non-hydrogen) atoms. The minimum Gasteiger partial charge on any atom is -0.338 e. The number of anilines is 2. The second kappa shape index (κ2) is 11.4. The number of rotatable bonds is 8. The van der Waals surface area contributed by atoms with Crippen molar-refractivity contribution in [3.63, 3.8) is 0 Å². The standard InChI is InChI=1S/C24H32N4O2/c1-19-8-7-17-28(18-19)16-6-5-15-25-24(30)27-22-13-11-20(12-14-22)23(29)26-21-9-3-2-4-10-21/h2-4,9-14,19H,5-8,15-18H2,1H3,(H,26,29)(H2,25,27,30). The van der Waals surface area contributed by atoms with E-state index in [1.54, 1.807) is 24.3 Å². The van der Waals surface area contributed by atoms with E-state index in [0.717, 1.165) is 31.0 Å². The summed E-state index contributed by atoms with van der Waals surface area (Å²) < 4.78 is 0. The van der Waals surface area contributed by atoms with Crippen molar-refractivity contribution in [1.29, 1.82) is 0 Å². The average Bonchev–Trinajstić information content (AvgIpc) is 2.75. The highest BCUT2D eigenvalue weighted by atomic mass is 16.2. The number of unbranched alkanes of at least 4 members (excludes halogenated alkanes) is 1. The Morgan fingerprint density at radius 1 is 0.967 bits per heavy atom. The van der Waals surface area contributed by atoms with Gasteiger partial charge in [-0.3, -0.25) is 4.79 Å². The highest BCUT2D eigenvalue weighted by molar-refractivity contribution is 6.04. The van der Waals surface area contributed by atoms with Crippen molar-refractivity contribution >= 4 is 23.3 Å². The van der Waals surface area contributed by atoms with Crippen LogP contribution >= 0.6 is 0 Å². The lowest BCUT2D eigenvalue weighted by atomic mass is 10.0. The summed E-state index contributed by atoms with van der Waals surface area (Å²) in [5.41, 5.74) is 1.95. The van der Waals surface area contributed by atoms with Crippen molar-refractivity contribution in [2.75, 3.05) is 36.8 Å². The molecule has 0 aromatic heterocycles. The number of amides is 3. The van der Waals surface area contributed by atoms with Gasteiger partial charge in [0.25, 0.3) is 5.91 Å². The van der Waals surface area contributed by atoms with Crippen molar-refractivity contribution in [2.45, 2.75) is 32.6 Å². The lowest BCUT2D eigenvalue weighted by Gasteiger charge is -2.30. The Balaban J connectivity index is 1.33. The second-order valence-corrected chi connectivity index (χ2v) is 8.03. The van der Waals surface area contributed by atoms with E-state index in [2.05, 4.69) is 27.8 Å². The van der Waals surface area contributed by atoms with Crippen LogP contribution in [0.4, 0.5) is 16.2 Å². The largest absolute Gasteiger partial charge is 0.338 e. The zero-order chi connectivity index (χ0) is 21.2. The van der Waals surface area contributed by atoms with Crippen molar-refractivity contribution in [2.24, 2.45) is 5.92 Å². The summed E-state index contributed by atoms with van der Waals surface area (Å²) in [6.45, 7) is 6.50. The molecular formula is C24H32N4O2. The van der Waals surface area contributed by atoms with E-state index in [-0.39, 0.29) is 11.9 Å². The van der Waals surface area contributed by atoms with Crippen molar-refractivity contribution in [3.8, 4) is 0 Å². The van der Waals surface area contributed by atoms with Crippen LogP contribution in [0.25, 0.3) is 0 Å². The summed E-state index contributed by atoms with van der Waals surface area (Å²) >= 11 is 0. The van der Waals surface area contributed by atoms with Crippen molar-refractivity contribution < 1.29 is 9.59 Å². The Morgan fingerprint density at radius 3 is 2.43 bits per heavy atom. The van der Waals surface area contributed by atoms with Gasteiger partial charge in [0, 0.05) is 30.0 Å². The van der Waals surface area contributed by atoms with Gasteiger partial charge >= 0.3 is 6.03 Å². The molecule has 1 unspecified atom stereocenters. The molecular weight excluding hydrogens is 376 g/mol. The molecule has 6 nitrogen and oxygen atoms in total. The van der Waals surface area contributed by atoms with Crippen LogP contribution in [0.3, 0.4) is 0 Å². The first-order valence-electron chi connectivity index (χ1n) is 10.8. The molecule has 1 aliphatic heterocycles. The van der Waals surface area contributed by atoms with E-state index in [0.29, 0.717) is 17.8 Å². The quantitative estimate of drug-likeness (QED) is 0.560. The molecule has 1 fully saturated rings. The minimum absolute atomic E-state index is 0.180. The van der Waals surface area contributed by atoms with E-state index in [1.165, 1.54) is 25.9 Å². The molecule has 0 radical (unpaired) electrons. The lowest BCUT2D eigenvalue weighted by Crippen LogP contribution is -2.35. The van der Waals surface area contributed by atoms with E-state index in [9.17, 15) is 9.59 Å². The number of piperidine rings is 1. The number of likely N-dealkylation sites (tertiary alicyclic amines) is 1. The van der Waals surface area contributed by atoms with Crippen LogP contribution in [0, 0.1) is 5.92 Å². The maximum Gasteiger partial charge on any atom is 0.319 e. The molecule has 1 heterocycles. The molecule has 3 rings (SSSR count). The molecule has 1 aliphatic rings. The van der Waals surface area contributed by atoms with Gasteiger partial charge in [0.2, 0.25) is 0 Å². The first-order valence-corrected chi connectivity index (χ1v) is 10.8. The summed E-state index contributed by atoms with van der Waals surface area (Å²) in [6.07, 6.45) is 4.71. The molecule has 2 aromatic rings. The summed E-state index contributed by atoms with van der Waals surface area (Å²) in [5.74, 6) is 0.624. The highest BCUT2D eigenvalue weighted by Gasteiger charge is 2.15. The molecule has 160 valence electrons. The molecule has 1 saturated heterocycles. The number of carbonyl (C=O) groups excluding carboxylic acids is 2. The smallest absolute Gasteiger partial charge is 0.319 e. The van der Waals surface area contributed by atoms with E-state index >= 15 is 0 Å². The van der Waals surface area contributed by atoms with Gasteiger partial charge in [0.15, 0.2) is 0 Å². The highest BCUT2D eigenvalue weighted by Crippen LogP contribution is 2.16. The van der Waals surface area contributed by atoms with E-state index in [1.807, 2.05) is 30.3 Å². The monoisotopic (exact) mass is 408 g/mol. The van der Waals surface area contributed by atoms with Gasteiger partial charge in [0.05, 0.1) is 0 Å². The Morgan fingerprint density at radius 2 is 1.70 bits per heavy atom. The predicted molar refractivity (Wildman–Crippen MR) is 122 cm³/mol. The van der Waals surface area contributed by atoms with Gasteiger partial charge in [-0.15, -0.1) is 0 Å². The van der Waals surface area contributed by atoms with Crippen LogP contribution in [-0.4, -0.2) is 43.0 Å². The summed E-state index contributed by atoms with van der Waals surface area (Å²) in [7, 11) is 0. The fourth-order valence-corrected chi connectivity index (χ4v) is 3.76. The lowest BCUT2D eigenvalue weighted by molar-refractivity contribution is 0.102. The van der Waals surface area contributed by atoms with Crippen LogP contribution in [0.2, 0.25) is 0 Å². The summed E-state index contributed by atoms with van der Waals surface area (Å²) in [6, 6.07) is 16.0. The molecule has 1 atom stereocenters. The molecule has 0 spiro atoms. The zero-order valence-electron chi connectivity index (χ0n) is 17.7. The van der Waals surface area contributed by atoms with Crippen LogP contribution in [0.1, 0.15) is 43.0 Å². The summed E-state index contributed by atoms with van der Waals surface area (Å²) in [5, 5.41) is 8.55. The fourth-order valence-electron chi connectivity index (χ4n) is 3.76. The number of carbonyl (C=O) groups is 2. The topological polar surface area (TPSA) is 73.5 Å². The third-order valence-electron chi connectivity index (χ3n) is 5.36. The number of benzene rings is 2. The Kier molecular flexibility index (Phi) is 8.27. The van der Waals surface area contributed by atoms with Gasteiger partial charge < -0.3 is 20.9 Å². The van der Waals surface area contributed by atoms with Crippen LogP contribution < -0.4 is 16.0 Å². The average molecular weight is 409 g/mol. The van der Waals surface area contributed by atoms with E-state index < -0.39 is 0 Å². The molecule has 3 amide bonds. The van der Waals surface area contributed by atoms with Crippen LogP contribution in [-0.2, 0) is 0 Å². The minimum atomic E-state index is -0.219. The van der Waals surface area contributed by atoms with Gasteiger partial charge in [0.1, 0.15) is 0 Å². The van der Waals surface area contributed by atoms with Gasteiger partial charge in [-0.05, 0) is 81.1 Å². The second-order valence-electron chi connectivity index (χ2n) is 8.03. The first-order chi connectivity index (χ1) is 14.6. The van der Waals surface area contributed by atoms with Gasteiger partial charge in [-0.2, -0.15) is 0 Å². The third kappa shape index (κ3) is 7.19. The molecule has 6 heteroatoms. The molecule has 3 N–H and O–H groups in total. The van der Waals surface area contributed by atoms with Crippen LogP contribution in [0.15, 0.2) is 54.6 Å².